The van der Waals surface area contributed by atoms with Gasteiger partial charge < -0.3 is 15.2 Å². The Bertz CT molecular complexity index is 695. The van der Waals surface area contributed by atoms with Gasteiger partial charge in [-0.15, -0.1) is 0 Å². The van der Waals surface area contributed by atoms with Crippen molar-refractivity contribution in [3.05, 3.63) is 41.6 Å². The number of aromatic nitrogens is 2. The van der Waals surface area contributed by atoms with Crippen molar-refractivity contribution in [1.29, 1.82) is 0 Å². The molecule has 1 aliphatic heterocycles. The Morgan fingerprint density at radius 3 is 2.83 bits per heavy atom. The van der Waals surface area contributed by atoms with Crippen LogP contribution in [0, 0.1) is 6.92 Å². The van der Waals surface area contributed by atoms with Crippen molar-refractivity contribution >= 4 is 11.9 Å². The molecule has 2 heterocycles. The van der Waals surface area contributed by atoms with Gasteiger partial charge in [0.2, 0.25) is 5.95 Å². The first-order valence-electron chi connectivity index (χ1n) is 7.66. The maximum atomic E-state index is 11.4. The van der Waals surface area contributed by atoms with Crippen molar-refractivity contribution in [1.82, 2.24) is 9.97 Å². The van der Waals surface area contributed by atoms with Gasteiger partial charge in [0.25, 0.3) is 0 Å². The van der Waals surface area contributed by atoms with Gasteiger partial charge in [-0.1, -0.05) is 29.8 Å². The van der Waals surface area contributed by atoms with Gasteiger partial charge >= 0.3 is 5.97 Å². The molecule has 0 radical (unpaired) electrons. The summed E-state index contributed by atoms with van der Waals surface area (Å²) < 4.78 is 5.55. The normalized spacial score (nSPS) is 17.2. The molecule has 1 saturated heterocycles. The second kappa shape index (κ2) is 6.75. The summed E-state index contributed by atoms with van der Waals surface area (Å²) in [5, 5.41) is 12.5. The number of carboxylic acids is 1. The van der Waals surface area contributed by atoms with Crippen LogP contribution in [0.1, 0.15) is 28.8 Å². The van der Waals surface area contributed by atoms with Crippen LogP contribution in [0.3, 0.4) is 0 Å². The van der Waals surface area contributed by atoms with Crippen LogP contribution in [0.4, 0.5) is 5.95 Å². The topological polar surface area (TPSA) is 84.3 Å². The lowest BCUT2D eigenvalue weighted by molar-refractivity contribution is 0.0697. The first-order chi connectivity index (χ1) is 11.1. The number of nitrogens with zero attached hydrogens (tertiary/aromatic N) is 2. The molecule has 6 heteroatoms. The molecular formula is C17H19N3O3. The Kier molecular flexibility index (Phi) is 4.52. The number of benzene rings is 1. The highest BCUT2D eigenvalue weighted by atomic mass is 16.5. The molecule has 0 unspecified atom stereocenters. The number of carbonyl (C=O) groups is 1. The average Bonchev–Trinajstić information content (AvgIpc) is 3.07. The van der Waals surface area contributed by atoms with Crippen molar-refractivity contribution in [2.45, 2.75) is 25.9 Å². The summed E-state index contributed by atoms with van der Waals surface area (Å²) in [6, 6.07) is 7.60. The zero-order valence-electron chi connectivity index (χ0n) is 13.0. The van der Waals surface area contributed by atoms with E-state index in [1.54, 1.807) is 0 Å². The van der Waals surface area contributed by atoms with Gasteiger partial charge in [-0.2, -0.15) is 0 Å². The quantitative estimate of drug-likeness (QED) is 0.883. The highest BCUT2D eigenvalue weighted by Gasteiger charge is 2.18. The van der Waals surface area contributed by atoms with E-state index in [1.807, 2.05) is 31.2 Å². The molecule has 3 rings (SSSR count). The SMILES string of the molecule is Cc1ccc(-c2nc(NC[C@H]3CCCO3)ncc2C(=O)O)cc1. The van der Waals surface area contributed by atoms with Crippen molar-refractivity contribution in [2.24, 2.45) is 0 Å². The fourth-order valence-corrected chi connectivity index (χ4v) is 2.57. The molecule has 1 aromatic carbocycles. The fraction of sp³-hybridized carbons (Fsp3) is 0.353. The Balaban J connectivity index is 1.86. The van der Waals surface area contributed by atoms with Crippen molar-refractivity contribution < 1.29 is 14.6 Å². The molecule has 0 saturated carbocycles. The van der Waals surface area contributed by atoms with E-state index in [9.17, 15) is 9.90 Å². The summed E-state index contributed by atoms with van der Waals surface area (Å²) in [6.07, 6.45) is 3.60. The summed E-state index contributed by atoms with van der Waals surface area (Å²) in [4.78, 5) is 19.9. The first kappa shape index (κ1) is 15.4. The van der Waals surface area contributed by atoms with Gasteiger partial charge in [-0.05, 0) is 19.8 Å². The van der Waals surface area contributed by atoms with E-state index in [2.05, 4.69) is 15.3 Å². The number of nitrogens with one attached hydrogen (secondary N) is 1. The lowest BCUT2D eigenvalue weighted by Gasteiger charge is -2.12. The smallest absolute Gasteiger partial charge is 0.339 e. The molecule has 0 amide bonds. The molecular weight excluding hydrogens is 294 g/mol. The highest BCUT2D eigenvalue weighted by Crippen LogP contribution is 2.23. The molecule has 1 aliphatic rings. The first-order valence-corrected chi connectivity index (χ1v) is 7.66. The van der Waals surface area contributed by atoms with E-state index >= 15 is 0 Å². The van der Waals surface area contributed by atoms with Gasteiger partial charge in [0, 0.05) is 24.9 Å². The zero-order valence-corrected chi connectivity index (χ0v) is 13.0. The van der Waals surface area contributed by atoms with Gasteiger partial charge in [0.1, 0.15) is 5.56 Å². The number of aryl methyl sites for hydroxylation is 1. The van der Waals surface area contributed by atoms with Crippen LogP contribution in [0.2, 0.25) is 0 Å². The number of anilines is 1. The summed E-state index contributed by atoms with van der Waals surface area (Å²) >= 11 is 0. The molecule has 2 aromatic rings. The monoisotopic (exact) mass is 313 g/mol. The van der Waals surface area contributed by atoms with Gasteiger partial charge in [0.05, 0.1) is 11.8 Å². The third-order valence-electron chi connectivity index (χ3n) is 3.86. The predicted octanol–water partition coefficient (Wildman–Crippen LogP) is 2.74. The highest BCUT2D eigenvalue weighted by molar-refractivity contribution is 5.94. The number of ether oxygens (including phenoxy) is 1. The van der Waals surface area contributed by atoms with E-state index in [0.717, 1.165) is 30.6 Å². The van der Waals surface area contributed by atoms with Gasteiger partial charge in [-0.3, -0.25) is 0 Å². The van der Waals surface area contributed by atoms with E-state index in [-0.39, 0.29) is 11.7 Å². The van der Waals surface area contributed by atoms with Crippen LogP contribution < -0.4 is 5.32 Å². The van der Waals surface area contributed by atoms with Crippen LogP contribution in [0.25, 0.3) is 11.3 Å². The lowest BCUT2D eigenvalue weighted by atomic mass is 10.1. The molecule has 0 bridgehead atoms. The minimum atomic E-state index is -1.04. The Hall–Kier alpha value is -2.47. The fourth-order valence-electron chi connectivity index (χ4n) is 2.57. The second-order valence-electron chi connectivity index (χ2n) is 5.64. The van der Waals surface area contributed by atoms with E-state index in [1.165, 1.54) is 6.20 Å². The average molecular weight is 313 g/mol. The zero-order chi connectivity index (χ0) is 16.2. The number of hydrogen-bond donors (Lipinski definition) is 2. The molecule has 0 aliphatic carbocycles. The maximum absolute atomic E-state index is 11.4. The Morgan fingerprint density at radius 2 is 2.17 bits per heavy atom. The number of hydrogen-bond acceptors (Lipinski definition) is 5. The lowest BCUT2D eigenvalue weighted by Crippen LogP contribution is -2.20. The summed E-state index contributed by atoms with van der Waals surface area (Å²) in [7, 11) is 0. The van der Waals surface area contributed by atoms with Crippen LogP contribution in [0.5, 0.6) is 0 Å². The second-order valence-corrected chi connectivity index (χ2v) is 5.64. The van der Waals surface area contributed by atoms with Crippen LogP contribution in [-0.2, 0) is 4.74 Å². The largest absolute Gasteiger partial charge is 0.478 e. The summed E-state index contributed by atoms with van der Waals surface area (Å²) in [6.45, 7) is 3.40. The standard InChI is InChI=1S/C17H19N3O3/c1-11-4-6-12(7-5-11)15-14(16(21)22)10-19-17(20-15)18-9-13-3-2-8-23-13/h4-7,10,13H,2-3,8-9H2,1H3,(H,21,22)(H,18,19,20)/t13-/m1/s1. The van der Waals surface area contributed by atoms with Crippen LogP contribution in [-0.4, -0.2) is 40.3 Å². The molecule has 23 heavy (non-hydrogen) atoms. The minimum absolute atomic E-state index is 0.0940. The van der Waals surface area contributed by atoms with Gasteiger partial charge in [-0.25, -0.2) is 14.8 Å². The molecule has 1 aromatic heterocycles. The van der Waals surface area contributed by atoms with Gasteiger partial charge in [0.15, 0.2) is 0 Å². The Labute approximate surface area is 134 Å². The third kappa shape index (κ3) is 3.65. The predicted molar refractivity (Wildman–Crippen MR) is 86.6 cm³/mol. The van der Waals surface area contributed by atoms with Crippen LogP contribution >= 0.6 is 0 Å². The molecule has 0 spiro atoms. The summed E-state index contributed by atoms with van der Waals surface area (Å²) in [5.41, 5.74) is 2.38. The van der Waals surface area contributed by atoms with Crippen molar-refractivity contribution in [3.63, 3.8) is 0 Å². The van der Waals surface area contributed by atoms with E-state index in [4.69, 9.17) is 4.74 Å². The van der Waals surface area contributed by atoms with Crippen LogP contribution in [0.15, 0.2) is 30.5 Å². The molecule has 1 fully saturated rings. The third-order valence-corrected chi connectivity index (χ3v) is 3.86. The Morgan fingerprint density at radius 1 is 1.39 bits per heavy atom. The molecule has 6 nitrogen and oxygen atoms in total. The molecule has 2 N–H and O–H groups in total. The summed E-state index contributed by atoms with van der Waals surface area (Å²) in [5.74, 6) is -0.618. The van der Waals surface area contributed by atoms with E-state index in [0.29, 0.717) is 18.2 Å². The van der Waals surface area contributed by atoms with E-state index < -0.39 is 5.97 Å². The van der Waals surface area contributed by atoms with Crippen molar-refractivity contribution in [3.8, 4) is 11.3 Å². The molecule has 120 valence electrons. The number of carboxylic acid groups (broad SMARTS) is 1. The number of rotatable bonds is 5. The minimum Gasteiger partial charge on any atom is -0.478 e. The van der Waals surface area contributed by atoms with Crippen molar-refractivity contribution in [2.75, 3.05) is 18.5 Å². The number of aromatic carboxylic acids is 1. The maximum Gasteiger partial charge on any atom is 0.339 e. The molecule has 1 atom stereocenters.